The molecule has 140 valence electrons. The van der Waals surface area contributed by atoms with E-state index < -0.39 is 0 Å². The number of ether oxygens (including phenoxy) is 2. The van der Waals surface area contributed by atoms with Crippen molar-refractivity contribution in [2.45, 2.75) is 32.8 Å². The fourth-order valence-electron chi connectivity index (χ4n) is 2.12. The van der Waals surface area contributed by atoms with Gasteiger partial charge in [0.2, 0.25) is 5.88 Å². The summed E-state index contributed by atoms with van der Waals surface area (Å²) in [5, 5.41) is 5.51. The quantitative estimate of drug-likeness (QED) is 0.663. The number of pyridine rings is 1. The van der Waals surface area contributed by atoms with E-state index >= 15 is 0 Å². The Kier molecular flexibility index (Phi) is 7.67. The van der Waals surface area contributed by atoms with E-state index in [2.05, 4.69) is 15.6 Å². The highest BCUT2D eigenvalue weighted by Gasteiger charge is 2.09. The van der Waals surface area contributed by atoms with Crippen LogP contribution in [0.15, 0.2) is 42.6 Å². The van der Waals surface area contributed by atoms with Crippen LogP contribution in [0, 0.1) is 5.82 Å². The molecule has 2 aromatic rings. The molecular weight excluding hydrogens is 337 g/mol. The SMILES string of the molecule is CC(C)Oc1ncccc1NC(=O)NCCCCOc1ccc(F)cc1. The van der Waals surface area contributed by atoms with Gasteiger partial charge in [-0.25, -0.2) is 14.2 Å². The maximum absolute atomic E-state index is 12.8. The summed E-state index contributed by atoms with van der Waals surface area (Å²) < 4.78 is 23.8. The van der Waals surface area contributed by atoms with Gasteiger partial charge in [-0.2, -0.15) is 0 Å². The van der Waals surface area contributed by atoms with Crippen molar-refractivity contribution in [3.63, 3.8) is 0 Å². The van der Waals surface area contributed by atoms with Gasteiger partial charge in [-0.15, -0.1) is 0 Å². The lowest BCUT2D eigenvalue weighted by Gasteiger charge is -2.14. The average Bonchev–Trinajstić information content (AvgIpc) is 2.61. The van der Waals surface area contributed by atoms with Gasteiger partial charge in [0.15, 0.2) is 0 Å². The number of nitrogens with one attached hydrogen (secondary N) is 2. The Labute approximate surface area is 152 Å². The number of benzene rings is 1. The van der Waals surface area contributed by atoms with Gasteiger partial charge < -0.3 is 20.1 Å². The summed E-state index contributed by atoms with van der Waals surface area (Å²) in [6.45, 7) is 4.81. The van der Waals surface area contributed by atoms with Crippen molar-refractivity contribution in [2.75, 3.05) is 18.5 Å². The number of aromatic nitrogens is 1. The van der Waals surface area contributed by atoms with E-state index in [1.165, 1.54) is 12.1 Å². The first kappa shape index (κ1) is 19.5. The van der Waals surface area contributed by atoms with Gasteiger partial charge in [0, 0.05) is 12.7 Å². The zero-order chi connectivity index (χ0) is 18.8. The van der Waals surface area contributed by atoms with Crippen LogP contribution in [0.5, 0.6) is 11.6 Å². The second-order valence-corrected chi connectivity index (χ2v) is 5.91. The summed E-state index contributed by atoms with van der Waals surface area (Å²) in [5.74, 6) is 0.736. The molecule has 0 saturated carbocycles. The van der Waals surface area contributed by atoms with Gasteiger partial charge in [0.25, 0.3) is 0 Å². The number of carbonyl (C=O) groups excluding carboxylic acids is 1. The molecule has 0 fully saturated rings. The highest BCUT2D eigenvalue weighted by Crippen LogP contribution is 2.21. The van der Waals surface area contributed by atoms with Gasteiger partial charge in [-0.1, -0.05) is 0 Å². The standard InChI is InChI=1S/C19H24FN3O3/c1-14(2)26-18-17(6-5-12-21-18)23-19(24)22-11-3-4-13-25-16-9-7-15(20)8-10-16/h5-10,12,14H,3-4,11,13H2,1-2H3,(H2,22,23,24). The van der Waals surface area contributed by atoms with Crippen LogP contribution in [-0.4, -0.2) is 30.3 Å². The molecular formula is C19H24FN3O3. The van der Waals surface area contributed by atoms with E-state index in [1.54, 1.807) is 30.5 Å². The average molecular weight is 361 g/mol. The molecule has 0 radical (unpaired) electrons. The van der Waals surface area contributed by atoms with E-state index in [4.69, 9.17) is 9.47 Å². The number of hydrogen-bond donors (Lipinski definition) is 2. The maximum Gasteiger partial charge on any atom is 0.319 e. The minimum absolute atomic E-state index is 0.0328. The number of amides is 2. The van der Waals surface area contributed by atoms with E-state index in [0.717, 1.165) is 12.8 Å². The molecule has 7 heteroatoms. The normalized spacial score (nSPS) is 10.5. The van der Waals surface area contributed by atoms with Crippen molar-refractivity contribution in [1.29, 1.82) is 0 Å². The second kappa shape index (κ2) is 10.2. The molecule has 6 nitrogen and oxygen atoms in total. The Hall–Kier alpha value is -2.83. The third-order valence-corrected chi connectivity index (χ3v) is 3.31. The van der Waals surface area contributed by atoms with Crippen molar-refractivity contribution in [3.05, 3.63) is 48.4 Å². The molecule has 0 aliphatic rings. The summed E-state index contributed by atoms with van der Waals surface area (Å²) in [6.07, 6.45) is 3.11. The zero-order valence-electron chi connectivity index (χ0n) is 15.0. The molecule has 1 heterocycles. The Balaban J connectivity index is 1.64. The van der Waals surface area contributed by atoms with Crippen LogP contribution in [0.4, 0.5) is 14.9 Å². The predicted octanol–water partition coefficient (Wildman–Crippen LogP) is 3.99. The summed E-state index contributed by atoms with van der Waals surface area (Å²) in [4.78, 5) is 16.1. The van der Waals surface area contributed by atoms with Crippen LogP contribution < -0.4 is 20.1 Å². The Morgan fingerprint density at radius 2 is 1.96 bits per heavy atom. The number of carbonyl (C=O) groups is 1. The first-order valence-electron chi connectivity index (χ1n) is 8.59. The smallest absolute Gasteiger partial charge is 0.319 e. The van der Waals surface area contributed by atoms with E-state index in [1.807, 2.05) is 13.8 Å². The van der Waals surface area contributed by atoms with E-state index in [9.17, 15) is 9.18 Å². The van der Waals surface area contributed by atoms with E-state index in [0.29, 0.717) is 30.5 Å². The molecule has 0 aliphatic carbocycles. The number of halogens is 1. The summed E-state index contributed by atoms with van der Waals surface area (Å²) >= 11 is 0. The second-order valence-electron chi connectivity index (χ2n) is 5.91. The number of urea groups is 1. The van der Waals surface area contributed by atoms with Crippen LogP contribution in [0.3, 0.4) is 0 Å². The van der Waals surface area contributed by atoms with Crippen LogP contribution in [-0.2, 0) is 0 Å². The van der Waals surface area contributed by atoms with Crippen molar-refractivity contribution in [1.82, 2.24) is 10.3 Å². The molecule has 0 unspecified atom stereocenters. The fourth-order valence-corrected chi connectivity index (χ4v) is 2.12. The molecule has 0 bridgehead atoms. The Bertz CT molecular complexity index is 693. The van der Waals surface area contributed by atoms with Crippen LogP contribution in [0.25, 0.3) is 0 Å². The third-order valence-electron chi connectivity index (χ3n) is 3.31. The number of hydrogen-bond acceptors (Lipinski definition) is 4. The molecule has 26 heavy (non-hydrogen) atoms. The molecule has 2 N–H and O–H groups in total. The third kappa shape index (κ3) is 6.96. The van der Waals surface area contributed by atoms with Crippen molar-refractivity contribution < 1.29 is 18.7 Å². The highest BCUT2D eigenvalue weighted by atomic mass is 19.1. The molecule has 1 aromatic carbocycles. The minimum atomic E-state index is -0.314. The Morgan fingerprint density at radius 1 is 1.19 bits per heavy atom. The molecule has 0 aliphatic heterocycles. The number of nitrogens with zero attached hydrogens (tertiary/aromatic N) is 1. The lowest BCUT2D eigenvalue weighted by atomic mass is 10.3. The molecule has 2 rings (SSSR count). The maximum atomic E-state index is 12.8. The van der Waals surface area contributed by atoms with Gasteiger partial charge >= 0.3 is 6.03 Å². The van der Waals surface area contributed by atoms with Gasteiger partial charge in [0.1, 0.15) is 17.3 Å². The molecule has 0 spiro atoms. The first-order chi connectivity index (χ1) is 12.5. The summed E-state index contributed by atoms with van der Waals surface area (Å²) in [7, 11) is 0. The largest absolute Gasteiger partial charge is 0.494 e. The number of unbranched alkanes of at least 4 members (excludes halogenated alkanes) is 1. The lowest BCUT2D eigenvalue weighted by molar-refractivity contribution is 0.233. The molecule has 0 saturated heterocycles. The predicted molar refractivity (Wildman–Crippen MR) is 98.2 cm³/mol. The van der Waals surface area contributed by atoms with E-state index in [-0.39, 0.29) is 18.0 Å². The number of rotatable bonds is 9. The first-order valence-corrected chi connectivity index (χ1v) is 8.59. The van der Waals surface area contributed by atoms with Crippen molar-refractivity contribution in [2.24, 2.45) is 0 Å². The topological polar surface area (TPSA) is 72.5 Å². The highest BCUT2D eigenvalue weighted by molar-refractivity contribution is 5.90. The van der Waals surface area contributed by atoms with Crippen molar-refractivity contribution in [3.8, 4) is 11.6 Å². The van der Waals surface area contributed by atoms with Crippen LogP contribution >= 0.6 is 0 Å². The van der Waals surface area contributed by atoms with Gasteiger partial charge in [-0.05, 0) is 63.1 Å². The molecule has 1 aromatic heterocycles. The zero-order valence-corrected chi connectivity index (χ0v) is 15.0. The number of anilines is 1. The Morgan fingerprint density at radius 3 is 2.69 bits per heavy atom. The summed E-state index contributed by atoms with van der Waals surface area (Å²) in [5.41, 5.74) is 0.526. The van der Waals surface area contributed by atoms with Gasteiger partial charge in [0.05, 0.1) is 12.7 Å². The summed E-state index contributed by atoms with van der Waals surface area (Å²) in [6, 6.07) is 9.05. The molecule has 0 atom stereocenters. The van der Waals surface area contributed by atoms with Crippen LogP contribution in [0.1, 0.15) is 26.7 Å². The lowest BCUT2D eigenvalue weighted by Crippen LogP contribution is -2.30. The molecule has 2 amide bonds. The minimum Gasteiger partial charge on any atom is -0.494 e. The van der Waals surface area contributed by atoms with Crippen LogP contribution in [0.2, 0.25) is 0 Å². The fraction of sp³-hybridized carbons (Fsp3) is 0.368. The monoisotopic (exact) mass is 361 g/mol. The van der Waals surface area contributed by atoms with Crippen molar-refractivity contribution >= 4 is 11.7 Å². The van der Waals surface area contributed by atoms with Gasteiger partial charge in [-0.3, -0.25) is 0 Å².